The van der Waals surface area contributed by atoms with E-state index in [1.807, 2.05) is 6.07 Å². The molecule has 3 N–H and O–H groups in total. The van der Waals surface area contributed by atoms with Crippen LogP contribution in [0.3, 0.4) is 0 Å². The SMILES string of the molecule is NCCc1cccc(NCP)c1. The molecule has 0 spiro atoms. The Labute approximate surface area is 75.7 Å². The largest absolute Gasteiger partial charge is 0.382 e. The lowest BCUT2D eigenvalue weighted by molar-refractivity contribution is 0.969. The summed E-state index contributed by atoms with van der Waals surface area (Å²) in [5.41, 5.74) is 7.92. The van der Waals surface area contributed by atoms with Crippen LogP contribution in [0.5, 0.6) is 0 Å². The standard InChI is InChI=1S/C9H15N2P/c10-5-4-8-2-1-3-9(6-8)11-7-12/h1-3,6,11H,4-5,7,10,12H2. The molecule has 0 bridgehead atoms. The van der Waals surface area contributed by atoms with E-state index in [2.05, 4.69) is 32.8 Å². The second-order valence-electron chi connectivity index (χ2n) is 2.62. The maximum absolute atomic E-state index is 5.46. The van der Waals surface area contributed by atoms with Crippen molar-refractivity contribution in [3.63, 3.8) is 0 Å². The second kappa shape index (κ2) is 5.13. The minimum atomic E-state index is 0.713. The Balaban J connectivity index is 2.67. The van der Waals surface area contributed by atoms with Crippen molar-refractivity contribution in [3.05, 3.63) is 29.8 Å². The minimum Gasteiger partial charge on any atom is -0.382 e. The summed E-state index contributed by atoms with van der Waals surface area (Å²) in [4.78, 5) is 0. The summed E-state index contributed by atoms with van der Waals surface area (Å²) < 4.78 is 0. The molecule has 1 aromatic rings. The first-order chi connectivity index (χ1) is 5.86. The first-order valence-corrected chi connectivity index (χ1v) is 4.91. The maximum atomic E-state index is 5.46. The number of nitrogens with one attached hydrogen (secondary N) is 1. The van der Waals surface area contributed by atoms with Crippen LogP contribution in [0, 0.1) is 0 Å². The highest BCUT2D eigenvalue weighted by molar-refractivity contribution is 7.16. The van der Waals surface area contributed by atoms with Crippen molar-refractivity contribution in [2.45, 2.75) is 6.42 Å². The molecule has 0 aromatic heterocycles. The van der Waals surface area contributed by atoms with Crippen molar-refractivity contribution in [1.82, 2.24) is 0 Å². The number of rotatable bonds is 4. The molecular weight excluding hydrogens is 167 g/mol. The van der Waals surface area contributed by atoms with Gasteiger partial charge in [-0.05, 0) is 30.7 Å². The van der Waals surface area contributed by atoms with Crippen LogP contribution in [0.25, 0.3) is 0 Å². The molecule has 0 amide bonds. The fourth-order valence-electron chi connectivity index (χ4n) is 1.12. The zero-order chi connectivity index (χ0) is 8.81. The van der Waals surface area contributed by atoms with Crippen LogP contribution in [0.4, 0.5) is 5.69 Å². The first-order valence-electron chi connectivity index (χ1n) is 4.09. The fourth-order valence-corrected chi connectivity index (χ4v) is 1.36. The molecule has 3 heteroatoms. The molecule has 1 rings (SSSR count). The summed E-state index contributed by atoms with van der Waals surface area (Å²) >= 11 is 0. The van der Waals surface area contributed by atoms with Gasteiger partial charge in [0.25, 0.3) is 0 Å². The molecule has 1 aromatic carbocycles. The summed E-state index contributed by atoms with van der Waals surface area (Å²) in [5.74, 6) is 0. The third-order valence-corrected chi connectivity index (χ3v) is 1.87. The molecule has 0 saturated carbocycles. The topological polar surface area (TPSA) is 38.0 Å². The van der Waals surface area contributed by atoms with Crippen molar-refractivity contribution < 1.29 is 0 Å². The molecule has 0 aliphatic carbocycles. The van der Waals surface area contributed by atoms with Gasteiger partial charge in [0.1, 0.15) is 0 Å². The summed E-state index contributed by atoms with van der Waals surface area (Å²) in [6.45, 7) is 0.713. The molecule has 0 aliphatic heterocycles. The van der Waals surface area contributed by atoms with Crippen molar-refractivity contribution in [2.24, 2.45) is 5.73 Å². The summed E-state index contributed by atoms with van der Waals surface area (Å²) in [5, 5.41) is 3.23. The first kappa shape index (κ1) is 9.50. The van der Waals surface area contributed by atoms with Gasteiger partial charge < -0.3 is 11.1 Å². The predicted octanol–water partition coefficient (Wildman–Crippen LogP) is 1.43. The Hall–Kier alpha value is -0.590. The minimum absolute atomic E-state index is 0.713. The van der Waals surface area contributed by atoms with E-state index < -0.39 is 0 Å². The second-order valence-corrected chi connectivity index (χ2v) is 3.03. The van der Waals surface area contributed by atoms with Gasteiger partial charge in [0.15, 0.2) is 0 Å². The highest BCUT2D eigenvalue weighted by atomic mass is 31.0. The van der Waals surface area contributed by atoms with Crippen LogP contribution in [0.1, 0.15) is 5.56 Å². The number of hydrogen-bond donors (Lipinski definition) is 2. The Kier molecular flexibility index (Phi) is 4.06. The molecule has 0 saturated heterocycles. The smallest absolute Gasteiger partial charge is 0.0345 e. The van der Waals surface area contributed by atoms with Gasteiger partial charge in [-0.1, -0.05) is 12.1 Å². The predicted molar refractivity (Wildman–Crippen MR) is 57.4 cm³/mol. The van der Waals surface area contributed by atoms with E-state index >= 15 is 0 Å². The average Bonchev–Trinajstić information content (AvgIpc) is 2.06. The molecule has 0 fully saturated rings. The van der Waals surface area contributed by atoms with Gasteiger partial charge in [0.2, 0.25) is 0 Å². The lowest BCUT2D eigenvalue weighted by Gasteiger charge is -2.04. The maximum Gasteiger partial charge on any atom is 0.0345 e. The van der Waals surface area contributed by atoms with Gasteiger partial charge in [0.05, 0.1) is 0 Å². The van der Waals surface area contributed by atoms with E-state index in [4.69, 9.17) is 5.73 Å². The van der Waals surface area contributed by atoms with E-state index in [1.54, 1.807) is 0 Å². The Bertz CT molecular complexity index is 216. The van der Waals surface area contributed by atoms with Crippen LogP contribution in [-0.4, -0.2) is 12.8 Å². The quantitative estimate of drug-likeness (QED) is 0.691. The van der Waals surface area contributed by atoms with Gasteiger partial charge in [-0.2, -0.15) is 0 Å². The van der Waals surface area contributed by atoms with E-state index in [9.17, 15) is 0 Å². The van der Waals surface area contributed by atoms with Crippen molar-refractivity contribution >= 4 is 14.9 Å². The Morgan fingerprint density at radius 3 is 2.92 bits per heavy atom. The lowest BCUT2D eigenvalue weighted by atomic mass is 10.1. The highest BCUT2D eigenvalue weighted by Gasteiger charge is 1.92. The number of nitrogens with two attached hydrogens (primary N) is 1. The number of anilines is 1. The zero-order valence-electron chi connectivity index (χ0n) is 7.09. The van der Waals surface area contributed by atoms with Crippen molar-refractivity contribution in [2.75, 3.05) is 18.1 Å². The van der Waals surface area contributed by atoms with E-state index in [0.717, 1.165) is 18.4 Å². The van der Waals surface area contributed by atoms with Gasteiger partial charge in [0, 0.05) is 12.0 Å². The third kappa shape index (κ3) is 2.80. The molecular formula is C9H15N2P. The normalized spacial score (nSPS) is 9.83. The monoisotopic (exact) mass is 182 g/mol. The molecule has 1 atom stereocenters. The fraction of sp³-hybridized carbons (Fsp3) is 0.333. The van der Waals surface area contributed by atoms with E-state index in [1.165, 1.54) is 5.56 Å². The summed E-state index contributed by atoms with van der Waals surface area (Å²) in [6.07, 6.45) is 1.83. The van der Waals surface area contributed by atoms with Gasteiger partial charge in [-0.3, -0.25) is 0 Å². The van der Waals surface area contributed by atoms with Crippen LogP contribution < -0.4 is 11.1 Å². The van der Waals surface area contributed by atoms with Crippen LogP contribution >= 0.6 is 9.24 Å². The highest BCUT2D eigenvalue weighted by Crippen LogP contribution is 2.10. The van der Waals surface area contributed by atoms with Crippen molar-refractivity contribution in [3.8, 4) is 0 Å². The molecule has 1 unspecified atom stereocenters. The van der Waals surface area contributed by atoms with E-state index in [0.29, 0.717) is 6.54 Å². The van der Waals surface area contributed by atoms with Crippen LogP contribution in [0.15, 0.2) is 24.3 Å². The average molecular weight is 182 g/mol. The molecule has 0 heterocycles. The molecule has 0 aliphatic rings. The summed E-state index contributed by atoms with van der Waals surface area (Å²) in [7, 11) is 2.64. The molecule has 12 heavy (non-hydrogen) atoms. The van der Waals surface area contributed by atoms with Gasteiger partial charge in [-0.25, -0.2) is 0 Å². The Morgan fingerprint density at radius 1 is 1.42 bits per heavy atom. The van der Waals surface area contributed by atoms with E-state index in [-0.39, 0.29) is 0 Å². The Morgan fingerprint density at radius 2 is 2.25 bits per heavy atom. The van der Waals surface area contributed by atoms with Gasteiger partial charge in [-0.15, -0.1) is 9.24 Å². The molecule has 66 valence electrons. The molecule has 2 nitrogen and oxygen atoms in total. The third-order valence-electron chi connectivity index (χ3n) is 1.67. The molecule has 0 radical (unpaired) electrons. The number of benzene rings is 1. The lowest BCUT2D eigenvalue weighted by Crippen LogP contribution is -2.03. The zero-order valence-corrected chi connectivity index (χ0v) is 8.24. The van der Waals surface area contributed by atoms with Crippen LogP contribution in [0.2, 0.25) is 0 Å². The summed E-state index contributed by atoms with van der Waals surface area (Å²) in [6, 6.07) is 8.34. The van der Waals surface area contributed by atoms with Gasteiger partial charge >= 0.3 is 0 Å². The van der Waals surface area contributed by atoms with Crippen molar-refractivity contribution in [1.29, 1.82) is 0 Å². The van der Waals surface area contributed by atoms with Crippen LogP contribution in [-0.2, 0) is 6.42 Å². The number of hydrogen-bond acceptors (Lipinski definition) is 2.